The van der Waals surface area contributed by atoms with E-state index in [-0.39, 0.29) is 5.91 Å². The Hall–Kier alpha value is -2.33. The van der Waals surface area contributed by atoms with Gasteiger partial charge in [-0.25, -0.2) is 5.06 Å². The zero-order valence-electron chi connectivity index (χ0n) is 22.1. The molecule has 4 nitrogen and oxygen atoms in total. The zero-order valence-corrected chi connectivity index (χ0v) is 22.1. The van der Waals surface area contributed by atoms with Gasteiger partial charge in [-0.15, -0.1) is 0 Å². The van der Waals surface area contributed by atoms with Gasteiger partial charge in [-0.1, -0.05) is 115 Å². The van der Waals surface area contributed by atoms with Gasteiger partial charge in [0.2, 0.25) is 5.91 Å². The molecule has 0 bridgehead atoms. The van der Waals surface area contributed by atoms with Crippen LogP contribution in [-0.4, -0.2) is 12.5 Å². The van der Waals surface area contributed by atoms with Gasteiger partial charge in [0, 0.05) is 6.54 Å². The van der Waals surface area contributed by atoms with Gasteiger partial charge in [0.05, 0.1) is 24.4 Å². The van der Waals surface area contributed by atoms with Crippen molar-refractivity contribution < 1.29 is 9.63 Å². The number of unbranched alkanes of at least 4 members (excludes halogenated alkanes) is 11. The lowest BCUT2D eigenvalue weighted by molar-refractivity contribution is -0.119. The summed E-state index contributed by atoms with van der Waals surface area (Å²) in [5, 5.41) is 4.72. The molecule has 0 aliphatic carbocycles. The molecule has 1 N–H and O–H groups in total. The van der Waals surface area contributed by atoms with Crippen LogP contribution < -0.4 is 10.4 Å². The third kappa shape index (κ3) is 12.8. The van der Waals surface area contributed by atoms with Crippen molar-refractivity contribution in [2.75, 3.05) is 11.7 Å². The fraction of sp³-hybridized carbons (Fsp3) is 0.548. The second kappa shape index (κ2) is 18.9. The molecule has 0 spiro atoms. The van der Waals surface area contributed by atoms with Crippen molar-refractivity contribution in [3.8, 4) is 0 Å². The molecule has 35 heavy (non-hydrogen) atoms. The normalized spacial score (nSPS) is 10.9. The Morgan fingerprint density at radius 1 is 0.743 bits per heavy atom. The van der Waals surface area contributed by atoms with Crippen LogP contribution in [0.15, 0.2) is 54.6 Å². The molecule has 0 aromatic heterocycles. The van der Waals surface area contributed by atoms with Crippen LogP contribution in [0.3, 0.4) is 0 Å². The van der Waals surface area contributed by atoms with Gasteiger partial charge < -0.3 is 5.32 Å². The first-order valence-corrected chi connectivity index (χ1v) is 13.9. The first kappa shape index (κ1) is 28.9. The van der Waals surface area contributed by atoms with Crippen molar-refractivity contribution in [1.29, 1.82) is 0 Å². The molecule has 2 rings (SSSR count). The average Bonchev–Trinajstić information content (AvgIpc) is 2.89. The number of hydrogen-bond donors (Lipinski definition) is 1. The van der Waals surface area contributed by atoms with Gasteiger partial charge in [0.1, 0.15) is 0 Å². The minimum absolute atomic E-state index is 0.0164. The monoisotopic (exact) mass is 479 g/mol. The average molecular weight is 480 g/mol. The van der Waals surface area contributed by atoms with Crippen LogP contribution in [0.4, 0.5) is 11.4 Å². The topological polar surface area (TPSA) is 41.6 Å². The van der Waals surface area contributed by atoms with Gasteiger partial charge in [0.15, 0.2) is 0 Å². The van der Waals surface area contributed by atoms with E-state index in [9.17, 15) is 4.79 Å². The van der Waals surface area contributed by atoms with Crippen LogP contribution in [0, 0.1) is 6.54 Å². The maximum Gasteiger partial charge on any atom is 0.224 e. The summed E-state index contributed by atoms with van der Waals surface area (Å²) in [5.74, 6) is 0.0164. The number of anilines is 2. The molecule has 2 aromatic rings. The summed E-state index contributed by atoms with van der Waals surface area (Å²) < 4.78 is 0. The van der Waals surface area contributed by atoms with Crippen LogP contribution in [0.25, 0.3) is 0 Å². The molecule has 0 fully saturated rings. The van der Waals surface area contributed by atoms with Gasteiger partial charge in [-0.2, -0.15) is 0 Å². The van der Waals surface area contributed by atoms with Gasteiger partial charge >= 0.3 is 0 Å². The Morgan fingerprint density at radius 3 is 1.86 bits per heavy atom. The highest BCUT2D eigenvalue weighted by molar-refractivity contribution is 5.79. The fourth-order valence-corrected chi connectivity index (χ4v) is 4.16. The number of rotatable bonds is 20. The lowest BCUT2D eigenvalue weighted by atomic mass is 10.1. The van der Waals surface area contributed by atoms with E-state index in [0.717, 1.165) is 29.8 Å². The molecule has 4 heteroatoms. The van der Waals surface area contributed by atoms with Crippen molar-refractivity contribution in [2.45, 2.75) is 104 Å². The molecule has 1 amide bonds. The minimum Gasteiger partial charge on any atom is -0.351 e. The van der Waals surface area contributed by atoms with Gasteiger partial charge in [-0.05, 0) is 42.7 Å². The van der Waals surface area contributed by atoms with E-state index in [0.29, 0.717) is 13.0 Å². The molecule has 0 aliphatic heterocycles. The third-order valence-electron chi connectivity index (χ3n) is 6.21. The standard InChI is InChI=1S/C31H47N2O2/c1-3-5-6-7-8-9-10-11-12-13-14-18-26-35-33(29-19-16-15-17-20-29)30-23-21-28(22-24-30)27-31(34)32-25-4-2/h15-17,19-25H,3-14,18,26-27H2,1-2H3,(H,32,34). The Kier molecular flexibility index (Phi) is 15.6. The Labute approximate surface area is 214 Å². The van der Waals surface area contributed by atoms with E-state index in [2.05, 4.69) is 24.4 Å². The lowest BCUT2D eigenvalue weighted by Crippen LogP contribution is -2.22. The van der Waals surface area contributed by atoms with Gasteiger partial charge in [0.25, 0.3) is 0 Å². The molecule has 0 aliphatic rings. The second-order valence-corrected chi connectivity index (χ2v) is 9.38. The predicted molar refractivity (Wildman–Crippen MR) is 148 cm³/mol. The molecule has 0 saturated carbocycles. The van der Waals surface area contributed by atoms with Crippen LogP contribution in [0.2, 0.25) is 0 Å². The quantitative estimate of drug-likeness (QED) is 0.152. The van der Waals surface area contributed by atoms with E-state index < -0.39 is 0 Å². The number of para-hydroxylation sites is 1. The predicted octanol–water partition coefficient (Wildman–Crippen LogP) is 8.69. The van der Waals surface area contributed by atoms with Crippen molar-refractivity contribution in [3.63, 3.8) is 0 Å². The molecular weight excluding hydrogens is 432 g/mol. The highest BCUT2D eigenvalue weighted by Crippen LogP contribution is 2.26. The summed E-state index contributed by atoms with van der Waals surface area (Å²) >= 11 is 0. The Balaban J connectivity index is 1.71. The minimum atomic E-state index is 0.0164. The SMILES string of the molecule is CC[CH]NC(=O)Cc1ccc(N(OCCCCCCCCCCCCCC)c2ccccc2)cc1. The van der Waals surface area contributed by atoms with Crippen LogP contribution in [0.1, 0.15) is 103 Å². The summed E-state index contributed by atoms with van der Waals surface area (Å²) in [7, 11) is 0. The smallest absolute Gasteiger partial charge is 0.224 e. The van der Waals surface area contributed by atoms with E-state index in [1.165, 1.54) is 70.6 Å². The Bertz CT molecular complexity index is 776. The molecular formula is C31H47N2O2. The van der Waals surface area contributed by atoms with E-state index >= 15 is 0 Å². The molecule has 193 valence electrons. The van der Waals surface area contributed by atoms with Gasteiger partial charge in [-0.3, -0.25) is 9.63 Å². The molecule has 2 aromatic carbocycles. The maximum atomic E-state index is 12.0. The summed E-state index contributed by atoms with van der Waals surface area (Å²) in [6, 6.07) is 18.3. The number of benzene rings is 2. The molecule has 0 saturated heterocycles. The third-order valence-corrected chi connectivity index (χ3v) is 6.21. The fourth-order valence-electron chi connectivity index (χ4n) is 4.16. The first-order valence-electron chi connectivity index (χ1n) is 13.9. The molecule has 0 unspecified atom stereocenters. The summed E-state index contributed by atoms with van der Waals surface area (Å²) in [4.78, 5) is 18.2. The number of amides is 1. The number of nitrogens with zero attached hydrogens (tertiary/aromatic N) is 1. The molecule has 1 radical (unpaired) electrons. The van der Waals surface area contributed by atoms with Crippen LogP contribution in [0.5, 0.6) is 0 Å². The van der Waals surface area contributed by atoms with E-state index in [4.69, 9.17) is 4.84 Å². The highest BCUT2D eigenvalue weighted by atomic mass is 16.7. The second-order valence-electron chi connectivity index (χ2n) is 9.38. The molecule has 0 atom stereocenters. The molecule has 0 heterocycles. The van der Waals surface area contributed by atoms with E-state index in [1.807, 2.05) is 54.5 Å². The number of carbonyl (C=O) groups is 1. The highest BCUT2D eigenvalue weighted by Gasteiger charge is 2.11. The zero-order chi connectivity index (χ0) is 25.0. The lowest BCUT2D eigenvalue weighted by Gasteiger charge is -2.24. The number of hydrogen-bond acceptors (Lipinski definition) is 3. The van der Waals surface area contributed by atoms with Crippen molar-refractivity contribution in [2.24, 2.45) is 0 Å². The number of carbonyl (C=O) groups excluding carboxylic acids is 1. The van der Waals surface area contributed by atoms with Crippen LogP contribution in [-0.2, 0) is 16.1 Å². The van der Waals surface area contributed by atoms with E-state index in [1.54, 1.807) is 6.54 Å². The summed E-state index contributed by atoms with van der Waals surface area (Å²) in [5.41, 5.74) is 2.97. The van der Waals surface area contributed by atoms with Crippen molar-refractivity contribution >= 4 is 17.3 Å². The van der Waals surface area contributed by atoms with Crippen molar-refractivity contribution in [3.05, 3.63) is 66.7 Å². The first-order chi connectivity index (χ1) is 17.2. The summed E-state index contributed by atoms with van der Waals surface area (Å²) in [6.45, 7) is 6.77. The van der Waals surface area contributed by atoms with Crippen molar-refractivity contribution in [1.82, 2.24) is 5.32 Å². The maximum absolute atomic E-state index is 12.0. The Morgan fingerprint density at radius 2 is 1.29 bits per heavy atom. The summed E-state index contributed by atoms with van der Waals surface area (Å²) in [6.07, 6.45) is 17.2. The number of nitrogens with one attached hydrogen (secondary N) is 1. The largest absolute Gasteiger partial charge is 0.351 e. The van der Waals surface area contributed by atoms with Crippen LogP contribution >= 0.6 is 0 Å².